The van der Waals surface area contributed by atoms with Crippen LogP contribution in [0.1, 0.15) is 178 Å². The molecule has 5 aromatic carbocycles. The molecule has 414 valence electrons. The van der Waals surface area contributed by atoms with Gasteiger partial charge < -0.3 is 40.5 Å². The number of anilines is 1. The van der Waals surface area contributed by atoms with Crippen LogP contribution in [0.25, 0.3) is 33.4 Å². The van der Waals surface area contributed by atoms with E-state index in [-0.39, 0.29) is 28.9 Å². The molecule has 0 N–H and O–H groups in total. The van der Waals surface area contributed by atoms with Crippen molar-refractivity contribution in [3.8, 4) is 33.9 Å². The van der Waals surface area contributed by atoms with Gasteiger partial charge in [-0.05, 0) is 201 Å². The summed E-state index contributed by atoms with van der Waals surface area (Å²) in [6.07, 6.45) is 12.8. The average molecular weight is 1250 g/mol. The fourth-order valence-electron chi connectivity index (χ4n) is 11.6. The Labute approximate surface area is 491 Å². The van der Waals surface area contributed by atoms with E-state index in [2.05, 4.69) is 153 Å². The third-order valence-electron chi connectivity index (χ3n) is 15.9. The molecule has 0 fully saturated rings. The van der Waals surface area contributed by atoms with Gasteiger partial charge in [-0.15, -0.1) is 0 Å². The lowest BCUT2D eigenvalue weighted by Crippen LogP contribution is -3.00. The monoisotopic (exact) mass is 1240 g/mol. The Morgan fingerprint density at radius 1 is 0.641 bits per heavy atom. The Bertz CT molecular complexity index is 3350. The minimum Gasteiger partial charge on any atom is -1.00 e. The van der Waals surface area contributed by atoms with Gasteiger partial charge >= 0.3 is 11.9 Å². The first-order valence-electron chi connectivity index (χ1n) is 28.5. The zero-order chi connectivity index (χ0) is 55.1. The number of rotatable bonds is 19. The number of methoxy groups -OCH3 is 1. The van der Waals surface area contributed by atoms with Crippen LogP contribution in [-0.2, 0) is 40.8 Å². The van der Waals surface area contributed by atoms with Crippen LogP contribution in [0, 0.1) is 13.8 Å². The number of hydrogen-bond acceptors (Lipinski definition) is 7. The van der Waals surface area contributed by atoms with Gasteiger partial charge in [0.1, 0.15) is 34.6 Å². The molecule has 0 bridgehead atoms. The van der Waals surface area contributed by atoms with Gasteiger partial charge in [0.15, 0.2) is 11.4 Å². The summed E-state index contributed by atoms with van der Waals surface area (Å²) in [5.41, 5.74) is 15.4. The summed E-state index contributed by atoms with van der Waals surface area (Å²) in [6, 6.07) is 29.0. The van der Waals surface area contributed by atoms with Crippen LogP contribution >= 0.6 is 31.9 Å². The van der Waals surface area contributed by atoms with Crippen LogP contribution in [0.4, 0.5) is 5.69 Å². The highest BCUT2D eigenvalue weighted by Gasteiger charge is 2.54. The Morgan fingerprint density at radius 2 is 1.21 bits per heavy atom. The van der Waals surface area contributed by atoms with Crippen LogP contribution in [0.2, 0.25) is 0 Å². The maximum absolute atomic E-state index is 13.3. The molecule has 0 saturated carbocycles. The lowest BCUT2D eigenvalue weighted by atomic mass is 9.75. The van der Waals surface area contributed by atoms with Crippen LogP contribution in [-0.4, -0.2) is 45.2 Å². The highest BCUT2D eigenvalue weighted by molar-refractivity contribution is 9.11. The molecule has 3 aliphatic heterocycles. The fraction of sp³-hybridized carbons (Fsp3) is 0.418. The average Bonchev–Trinajstić information content (AvgIpc) is 3.98. The number of carbonyl (C=O) groups is 2. The van der Waals surface area contributed by atoms with Crippen molar-refractivity contribution in [3.63, 3.8) is 0 Å². The molecule has 1 spiro atoms. The number of benzene rings is 6. The number of aryl methyl sites for hydroxylation is 5. The third-order valence-corrected chi connectivity index (χ3v) is 17.6. The number of hydrogen-bond donors (Lipinski definition) is 0. The maximum Gasteiger partial charge on any atom is 0.340 e. The summed E-state index contributed by atoms with van der Waals surface area (Å²) in [4.78, 5) is 28.8. The highest BCUT2D eigenvalue weighted by Crippen LogP contribution is 2.58. The summed E-state index contributed by atoms with van der Waals surface area (Å²) in [5.74, 6) is 1.72. The molecule has 0 saturated heterocycles. The Morgan fingerprint density at radius 3 is 1.82 bits per heavy atom. The molecule has 3 heterocycles. The van der Waals surface area contributed by atoms with Crippen molar-refractivity contribution in [2.24, 2.45) is 0 Å². The first-order valence-corrected chi connectivity index (χ1v) is 30.1. The second-order valence-corrected chi connectivity index (χ2v) is 22.3. The lowest BCUT2D eigenvalue weighted by Gasteiger charge is -2.38. The van der Waals surface area contributed by atoms with E-state index in [0.29, 0.717) is 11.1 Å². The van der Waals surface area contributed by atoms with Gasteiger partial charge in [0.05, 0.1) is 22.7 Å². The SMILES string of the molecule is CCCCc1cc2c(-c3ccccc3C(=O)OC)c3cc(CCCC)c(=[N+](CC)CC)c(Br)c-3oc2c(Br)c1C.CCCCc1cc2c(cc1C)Oc1cc(N(CC)CC)c(CCCC)cc1C21OC(=O)c2ccccc21.[Br-]. The molecule has 4 aliphatic rings. The molecule has 5 aromatic rings. The number of ether oxygens (including phenoxy) is 3. The summed E-state index contributed by atoms with van der Waals surface area (Å²) < 4.78 is 29.6. The Balaban J connectivity index is 0.000000224. The fourth-order valence-corrected chi connectivity index (χ4v) is 13.0. The van der Waals surface area contributed by atoms with E-state index >= 15 is 0 Å². The molecule has 78 heavy (non-hydrogen) atoms. The summed E-state index contributed by atoms with van der Waals surface area (Å²) in [5, 5.41) is 2.19. The van der Waals surface area contributed by atoms with Crippen LogP contribution in [0.15, 0.2) is 98.3 Å². The van der Waals surface area contributed by atoms with Crippen LogP contribution in [0.5, 0.6) is 11.5 Å². The van der Waals surface area contributed by atoms with Gasteiger partial charge in [-0.25, -0.2) is 14.2 Å². The minimum absolute atomic E-state index is 0. The van der Waals surface area contributed by atoms with Crippen LogP contribution < -0.4 is 36.6 Å². The van der Waals surface area contributed by atoms with Gasteiger partial charge in [-0.3, -0.25) is 0 Å². The van der Waals surface area contributed by atoms with Crippen molar-refractivity contribution >= 4 is 60.5 Å². The van der Waals surface area contributed by atoms with E-state index < -0.39 is 5.60 Å². The number of esters is 2. The molecule has 1 atom stereocenters. The van der Waals surface area contributed by atoms with Gasteiger partial charge in [0, 0.05) is 63.6 Å². The van der Waals surface area contributed by atoms with Crippen LogP contribution in [0.3, 0.4) is 0 Å². The standard InChI is InChI=1S/C34H40Br2NO3.C33H39NO3.BrH/c1-7-11-15-22-19-26-28(24-17-13-14-18-25(24)34(38)39-6)27-20-23(16-12-8-2)31(37(9-3)10-4)30(36)33(27)40-32(26)29(35)21(22)5;1-6-10-14-23-19-27-30(18-22(23)5)36-31-21-29(34(8-3)9-4)24(15-11-7-2)20-28(31)33(27)26-17-13-12-16-25(26)32(35)37-33;/h13-14,17-20H,7-12,15-16H2,1-6H3;12-13,16-21H,6-11,14-15H2,1-5H3;1H/q+1;;/p-1. The van der Waals surface area contributed by atoms with Gasteiger partial charge in [0.25, 0.3) is 0 Å². The normalized spacial score (nSPS) is 14.0. The van der Waals surface area contributed by atoms with E-state index in [1.165, 1.54) is 51.5 Å². The van der Waals surface area contributed by atoms with E-state index in [1.54, 1.807) is 0 Å². The second-order valence-electron chi connectivity index (χ2n) is 20.7. The molecule has 0 radical (unpaired) electrons. The minimum atomic E-state index is -1.01. The predicted molar refractivity (Wildman–Crippen MR) is 324 cm³/mol. The lowest BCUT2D eigenvalue weighted by molar-refractivity contribution is -0.0000726. The Kier molecular flexibility index (Phi) is 20.8. The van der Waals surface area contributed by atoms with Crippen molar-refractivity contribution in [1.29, 1.82) is 0 Å². The number of halogens is 3. The molecular formula is C67H79Br3N2O6. The zero-order valence-electron chi connectivity index (χ0n) is 47.9. The number of nitrogens with zero attached hydrogens (tertiary/aromatic N) is 2. The number of fused-ring (bicyclic) bond motifs is 8. The molecule has 1 unspecified atom stereocenters. The maximum atomic E-state index is 13.3. The first kappa shape index (κ1) is 60.4. The second kappa shape index (κ2) is 26.8. The zero-order valence-corrected chi connectivity index (χ0v) is 52.6. The van der Waals surface area contributed by atoms with Gasteiger partial charge in [-0.1, -0.05) is 89.8 Å². The van der Waals surface area contributed by atoms with Crippen molar-refractivity contribution in [2.75, 3.05) is 38.2 Å². The van der Waals surface area contributed by atoms with Crippen molar-refractivity contribution in [2.45, 2.75) is 152 Å². The van der Waals surface area contributed by atoms with Gasteiger partial charge in [0.2, 0.25) is 5.36 Å². The topological polar surface area (TPSA) is 81.2 Å². The molecule has 0 amide bonds. The third kappa shape index (κ3) is 11.4. The first-order chi connectivity index (χ1) is 37.3. The quantitative estimate of drug-likeness (QED) is 0.0453. The molecular weight excluding hydrogens is 1170 g/mol. The molecule has 11 heteroatoms. The van der Waals surface area contributed by atoms with E-state index in [4.69, 9.17) is 18.6 Å². The summed E-state index contributed by atoms with van der Waals surface area (Å²) in [7, 11) is 1.44. The predicted octanol–water partition coefficient (Wildman–Crippen LogP) is 14.4. The number of carbonyl (C=O) groups excluding carboxylic acids is 2. The molecule has 9 rings (SSSR count). The number of unbranched alkanes of at least 4 members (excludes halogenated alkanes) is 4. The molecule has 0 aromatic heterocycles. The highest BCUT2D eigenvalue weighted by atomic mass is 79.9. The largest absolute Gasteiger partial charge is 1.00 e. The van der Waals surface area contributed by atoms with Gasteiger partial charge in [-0.2, -0.15) is 0 Å². The van der Waals surface area contributed by atoms with E-state index in [1.807, 2.05) is 42.5 Å². The smallest absolute Gasteiger partial charge is 0.340 e. The Hall–Kier alpha value is -5.23. The van der Waals surface area contributed by atoms with E-state index in [9.17, 15) is 9.59 Å². The molecule has 8 nitrogen and oxygen atoms in total. The van der Waals surface area contributed by atoms with Crippen molar-refractivity contribution < 1.29 is 45.2 Å². The van der Waals surface area contributed by atoms with E-state index in [0.717, 1.165) is 174 Å². The van der Waals surface area contributed by atoms with Crippen molar-refractivity contribution in [1.82, 2.24) is 4.58 Å². The van der Waals surface area contributed by atoms with Crippen molar-refractivity contribution in [3.05, 3.63) is 160 Å². The summed E-state index contributed by atoms with van der Waals surface area (Å²) >= 11 is 7.92. The molecule has 1 aliphatic carbocycles. The summed E-state index contributed by atoms with van der Waals surface area (Å²) in [6.45, 7) is 25.6.